The van der Waals surface area contributed by atoms with Gasteiger partial charge in [-0.2, -0.15) is 0 Å². The van der Waals surface area contributed by atoms with E-state index in [1.807, 2.05) is 0 Å². The lowest BCUT2D eigenvalue weighted by Gasteiger charge is -1.95. The summed E-state index contributed by atoms with van der Waals surface area (Å²) in [5, 5.41) is 8.27. The lowest BCUT2D eigenvalue weighted by molar-refractivity contribution is -0.140. The molecule has 0 aromatic carbocycles. The fourth-order valence-corrected chi connectivity index (χ4v) is 1.08. The lowest BCUT2D eigenvalue weighted by Crippen LogP contribution is -1.95. The number of hydrogen-bond acceptors (Lipinski definition) is 3. The highest BCUT2D eigenvalue weighted by molar-refractivity contribution is 5.66. The molecule has 0 unspecified atom stereocenters. The average molecular weight is 232 g/mol. The Bertz CT molecular complexity index is 178. The summed E-state index contributed by atoms with van der Waals surface area (Å²) in [4.78, 5) is 19.9. The molecule has 0 amide bonds. The van der Waals surface area contributed by atoms with Crippen molar-refractivity contribution in [1.29, 1.82) is 0 Å². The maximum absolute atomic E-state index is 10.0. The Kier molecular flexibility index (Phi) is 15.1. The Labute approximate surface area is 98.0 Å². The summed E-state index contributed by atoms with van der Waals surface area (Å²) >= 11 is 0. The Hall–Kier alpha value is -1.06. The summed E-state index contributed by atoms with van der Waals surface area (Å²) in [5.74, 6) is -0.881. The van der Waals surface area contributed by atoms with Crippen molar-refractivity contribution in [2.45, 2.75) is 59.3 Å². The zero-order valence-electron chi connectivity index (χ0n) is 10.6. The molecule has 0 aromatic heterocycles. The van der Waals surface area contributed by atoms with Crippen LogP contribution in [0.15, 0.2) is 0 Å². The van der Waals surface area contributed by atoms with Crippen LogP contribution in [-0.2, 0) is 14.3 Å². The van der Waals surface area contributed by atoms with Crippen LogP contribution in [0.3, 0.4) is 0 Å². The molecule has 0 aliphatic rings. The van der Waals surface area contributed by atoms with Crippen molar-refractivity contribution in [3.05, 3.63) is 0 Å². The fourth-order valence-electron chi connectivity index (χ4n) is 1.08. The maximum atomic E-state index is 10.0. The van der Waals surface area contributed by atoms with Crippen molar-refractivity contribution in [2.24, 2.45) is 0 Å². The van der Waals surface area contributed by atoms with Gasteiger partial charge in [0.05, 0.1) is 6.61 Å². The van der Waals surface area contributed by atoms with Crippen molar-refractivity contribution >= 4 is 11.9 Å². The molecule has 0 saturated carbocycles. The Morgan fingerprint density at radius 2 is 1.62 bits per heavy atom. The molecule has 0 bridgehead atoms. The molecule has 1 N–H and O–H groups in total. The molecular weight excluding hydrogens is 208 g/mol. The highest BCUT2D eigenvalue weighted by atomic mass is 16.5. The fraction of sp³-hybridized carbons (Fsp3) is 0.833. The molecule has 4 heteroatoms. The van der Waals surface area contributed by atoms with Crippen LogP contribution in [0, 0.1) is 0 Å². The number of hydrogen-bond donors (Lipinski definition) is 1. The smallest absolute Gasteiger partial charge is 0.303 e. The largest absolute Gasteiger partial charge is 0.481 e. The van der Waals surface area contributed by atoms with Gasteiger partial charge in [-0.1, -0.05) is 32.6 Å². The van der Waals surface area contributed by atoms with Crippen molar-refractivity contribution in [3.63, 3.8) is 0 Å². The molecular formula is C12H24O4. The second-order valence-electron chi connectivity index (χ2n) is 3.48. The number of carboxylic acid groups (broad SMARTS) is 1. The van der Waals surface area contributed by atoms with Gasteiger partial charge in [0.2, 0.25) is 0 Å². The third-order valence-corrected chi connectivity index (χ3v) is 1.84. The predicted molar refractivity (Wildman–Crippen MR) is 63.3 cm³/mol. The molecule has 16 heavy (non-hydrogen) atoms. The van der Waals surface area contributed by atoms with Crippen LogP contribution in [0.1, 0.15) is 59.3 Å². The van der Waals surface area contributed by atoms with E-state index in [1.165, 1.54) is 26.2 Å². The lowest BCUT2D eigenvalue weighted by atomic mass is 10.1. The third kappa shape index (κ3) is 23.1. The van der Waals surface area contributed by atoms with E-state index in [0.29, 0.717) is 13.0 Å². The van der Waals surface area contributed by atoms with Crippen LogP contribution < -0.4 is 0 Å². The average Bonchev–Trinajstić information content (AvgIpc) is 2.17. The first kappa shape index (κ1) is 17.3. The van der Waals surface area contributed by atoms with Crippen LogP contribution >= 0.6 is 0 Å². The van der Waals surface area contributed by atoms with E-state index in [2.05, 4.69) is 11.7 Å². The highest BCUT2D eigenvalue weighted by Gasteiger charge is 1.94. The SMILES string of the molecule is CCCCCCCC(=O)O.CCOC(C)=O. The van der Waals surface area contributed by atoms with E-state index in [-0.39, 0.29) is 5.97 Å². The first-order chi connectivity index (χ1) is 7.54. The van der Waals surface area contributed by atoms with Crippen molar-refractivity contribution in [2.75, 3.05) is 6.61 Å². The van der Waals surface area contributed by atoms with Crippen molar-refractivity contribution < 1.29 is 19.4 Å². The van der Waals surface area contributed by atoms with Gasteiger partial charge in [-0.15, -0.1) is 0 Å². The molecule has 0 aliphatic carbocycles. The molecule has 0 saturated heterocycles. The van der Waals surface area contributed by atoms with Gasteiger partial charge in [-0.05, 0) is 13.3 Å². The van der Waals surface area contributed by atoms with Gasteiger partial charge in [0.1, 0.15) is 0 Å². The summed E-state index contributed by atoms with van der Waals surface area (Å²) in [7, 11) is 0. The summed E-state index contributed by atoms with van der Waals surface area (Å²) in [6.45, 7) is 5.80. The second kappa shape index (κ2) is 13.9. The minimum Gasteiger partial charge on any atom is -0.481 e. The van der Waals surface area contributed by atoms with E-state index in [1.54, 1.807) is 6.92 Å². The Morgan fingerprint density at radius 3 is 1.94 bits per heavy atom. The molecule has 0 rings (SSSR count). The molecule has 0 radical (unpaired) electrons. The number of ether oxygens (including phenoxy) is 1. The number of esters is 1. The number of carbonyl (C=O) groups is 2. The number of carbonyl (C=O) groups excluding carboxylic acids is 1. The van der Waals surface area contributed by atoms with E-state index in [4.69, 9.17) is 5.11 Å². The molecule has 0 heterocycles. The third-order valence-electron chi connectivity index (χ3n) is 1.84. The number of rotatable bonds is 7. The minimum atomic E-state index is -0.670. The molecule has 96 valence electrons. The predicted octanol–water partition coefficient (Wildman–Crippen LogP) is 3.00. The van der Waals surface area contributed by atoms with Gasteiger partial charge in [0.25, 0.3) is 0 Å². The number of unbranched alkanes of at least 4 members (excludes halogenated alkanes) is 4. The van der Waals surface area contributed by atoms with Crippen LogP contribution in [0.5, 0.6) is 0 Å². The molecule has 0 atom stereocenters. The minimum absolute atomic E-state index is 0.211. The van der Waals surface area contributed by atoms with Gasteiger partial charge in [-0.25, -0.2) is 0 Å². The second-order valence-corrected chi connectivity index (χ2v) is 3.48. The highest BCUT2D eigenvalue weighted by Crippen LogP contribution is 2.04. The van der Waals surface area contributed by atoms with E-state index in [9.17, 15) is 9.59 Å². The normalized spacial score (nSPS) is 8.94. The van der Waals surface area contributed by atoms with E-state index in [0.717, 1.165) is 12.8 Å². The standard InChI is InChI=1S/C8H16O2.C4H8O2/c1-2-3-4-5-6-7-8(9)10;1-3-6-4(2)5/h2-7H2,1H3,(H,9,10);3H2,1-2H3. The van der Waals surface area contributed by atoms with E-state index >= 15 is 0 Å². The quantitative estimate of drug-likeness (QED) is 0.541. The van der Waals surface area contributed by atoms with Crippen LogP contribution in [0.25, 0.3) is 0 Å². The molecule has 4 nitrogen and oxygen atoms in total. The first-order valence-corrected chi connectivity index (χ1v) is 5.89. The summed E-state index contributed by atoms with van der Waals surface area (Å²) in [6, 6.07) is 0. The summed E-state index contributed by atoms with van der Waals surface area (Å²) in [6.07, 6.45) is 5.88. The topological polar surface area (TPSA) is 63.6 Å². The zero-order valence-corrected chi connectivity index (χ0v) is 10.6. The first-order valence-electron chi connectivity index (χ1n) is 5.89. The Balaban J connectivity index is 0. The molecule has 0 aliphatic heterocycles. The molecule has 0 aromatic rings. The van der Waals surface area contributed by atoms with Crippen LogP contribution in [0.2, 0.25) is 0 Å². The van der Waals surface area contributed by atoms with Crippen LogP contribution in [0.4, 0.5) is 0 Å². The van der Waals surface area contributed by atoms with Crippen molar-refractivity contribution in [1.82, 2.24) is 0 Å². The van der Waals surface area contributed by atoms with E-state index < -0.39 is 5.97 Å². The van der Waals surface area contributed by atoms with Gasteiger partial charge in [-0.3, -0.25) is 9.59 Å². The zero-order chi connectivity index (χ0) is 12.8. The molecule has 0 fully saturated rings. The summed E-state index contributed by atoms with van der Waals surface area (Å²) in [5.41, 5.74) is 0. The van der Waals surface area contributed by atoms with Crippen molar-refractivity contribution in [3.8, 4) is 0 Å². The van der Waals surface area contributed by atoms with Gasteiger partial charge in [0, 0.05) is 13.3 Å². The van der Waals surface area contributed by atoms with Gasteiger partial charge in [0.15, 0.2) is 0 Å². The molecule has 0 spiro atoms. The van der Waals surface area contributed by atoms with Gasteiger partial charge < -0.3 is 9.84 Å². The number of aliphatic carboxylic acids is 1. The summed E-state index contributed by atoms with van der Waals surface area (Å²) < 4.78 is 4.40. The number of carboxylic acids is 1. The monoisotopic (exact) mass is 232 g/mol. The Morgan fingerprint density at radius 1 is 1.06 bits per heavy atom. The van der Waals surface area contributed by atoms with Crippen LogP contribution in [-0.4, -0.2) is 23.7 Å². The van der Waals surface area contributed by atoms with Gasteiger partial charge >= 0.3 is 11.9 Å². The maximum Gasteiger partial charge on any atom is 0.303 e.